The molecule has 1 N–H and O–H groups in total. The lowest BCUT2D eigenvalue weighted by Gasteiger charge is -2.01. The molecule has 0 aliphatic carbocycles. The molecule has 12 heavy (non-hydrogen) atoms. The molecule has 0 aromatic rings. The molecule has 0 fully saturated rings. The Morgan fingerprint density at radius 1 is 1.33 bits per heavy atom. The van der Waals surface area contributed by atoms with Gasteiger partial charge in [0, 0.05) is 12.7 Å². The molecule has 2 heteroatoms. The largest absolute Gasteiger partial charge is 0.347 e. The van der Waals surface area contributed by atoms with Gasteiger partial charge in [0.1, 0.15) is 0 Å². The van der Waals surface area contributed by atoms with Crippen LogP contribution in [0.2, 0.25) is 0 Å². The molecule has 0 aliphatic heterocycles. The molecule has 0 saturated heterocycles. The van der Waals surface area contributed by atoms with E-state index in [0.717, 1.165) is 5.70 Å². The number of aliphatic imine (C=N–C) groups is 1. The van der Waals surface area contributed by atoms with E-state index >= 15 is 0 Å². The predicted octanol–water partition coefficient (Wildman–Crippen LogP) is 2.52. The van der Waals surface area contributed by atoms with Crippen molar-refractivity contribution in [3.63, 3.8) is 0 Å². The Balaban J connectivity index is 0. The first kappa shape index (κ1) is 13.3. The Labute approximate surface area is 75.4 Å². The fraction of sp³-hybridized carbons (Fsp3) is 0.300. The summed E-state index contributed by atoms with van der Waals surface area (Å²) in [5.74, 6) is 0. The van der Waals surface area contributed by atoms with Crippen LogP contribution in [-0.4, -0.2) is 13.4 Å². The number of hydrogen-bond donors (Lipinski definition) is 1. The highest BCUT2D eigenvalue weighted by Gasteiger charge is 1.87. The summed E-state index contributed by atoms with van der Waals surface area (Å²) in [6.07, 6.45) is 3.42. The van der Waals surface area contributed by atoms with Crippen molar-refractivity contribution in [3.05, 3.63) is 37.1 Å². The van der Waals surface area contributed by atoms with Crippen molar-refractivity contribution in [2.45, 2.75) is 13.8 Å². The van der Waals surface area contributed by atoms with Crippen molar-refractivity contribution < 1.29 is 0 Å². The van der Waals surface area contributed by atoms with Gasteiger partial charge in [-0.3, -0.25) is 4.99 Å². The van der Waals surface area contributed by atoms with E-state index in [1.165, 1.54) is 5.57 Å². The van der Waals surface area contributed by atoms with Gasteiger partial charge < -0.3 is 5.32 Å². The van der Waals surface area contributed by atoms with Crippen LogP contribution in [0, 0.1) is 0 Å². The van der Waals surface area contributed by atoms with E-state index in [4.69, 9.17) is 0 Å². The van der Waals surface area contributed by atoms with Crippen LogP contribution < -0.4 is 5.32 Å². The Morgan fingerprint density at radius 3 is 2.08 bits per heavy atom. The van der Waals surface area contributed by atoms with Crippen LogP contribution >= 0.6 is 0 Å². The molecular formula is C10H18N2. The van der Waals surface area contributed by atoms with Crippen LogP contribution in [0.4, 0.5) is 0 Å². The topological polar surface area (TPSA) is 24.4 Å². The number of hydrogen-bond acceptors (Lipinski definition) is 1. The second-order valence-corrected chi connectivity index (χ2v) is 2.15. The summed E-state index contributed by atoms with van der Waals surface area (Å²) < 4.78 is 0. The minimum absolute atomic E-state index is 1.02. The van der Waals surface area contributed by atoms with E-state index in [1.807, 2.05) is 13.8 Å². The van der Waals surface area contributed by atoms with Gasteiger partial charge in [0.25, 0.3) is 0 Å². The molecule has 0 amide bonds. The van der Waals surface area contributed by atoms with Gasteiger partial charge >= 0.3 is 0 Å². The third-order valence-electron chi connectivity index (χ3n) is 1.09. The minimum Gasteiger partial charge on any atom is -0.347 e. The maximum absolute atomic E-state index is 3.79. The fourth-order valence-electron chi connectivity index (χ4n) is 0.541. The zero-order chi connectivity index (χ0) is 9.98. The second-order valence-electron chi connectivity index (χ2n) is 2.15. The first-order valence-electron chi connectivity index (χ1n) is 3.69. The molecule has 0 aromatic carbocycles. The highest BCUT2D eigenvalue weighted by Crippen LogP contribution is 1.97. The van der Waals surface area contributed by atoms with Crippen molar-refractivity contribution in [1.82, 2.24) is 5.32 Å². The van der Waals surface area contributed by atoms with Crippen LogP contribution in [0.25, 0.3) is 0 Å². The number of nitrogens with zero attached hydrogens (tertiary/aromatic N) is 1. The van der Waals surface area contributed by atoms with Crippen LogP contribution in [0.3, 0.4) is 0 Å². The molecule has 0 heterocycles. The molecule has 0 atom stereocenters. The molecule has 0 aliphatic rings. The maximum atomic E-state index is 3.79. The molecule has 0 bridgehead atoms. The van der Waals surface area contributed by atoms with Crippen LogP contribution in [0.1, 0.15) is 13.8 Å². The van der Waals surface area contributed by atoms with E-state index in [1.54, 1.807) is 19.5 Å². The van der Waals surface area contributed by atoms with Gasteiger partial charge in [0.2, 0.25) is 0 Å². The summed E-state index contributed by atoms with van der Waals surface area (Å²) in [6.45, 7) is 13.7. The monoisotopic (exact) mass is 166 g/mol. The average molecular weight is 166 g/mol. The lowest BCUT2D eigenvalue weighted by molar-refractivity contribution is 1.13. The SMILES string of the molecule is C=C.C=CC(NC=NC)=C(C)C. The fourth-order valence-corrected chi connectivity index (χ4v) is 0.541. The summed E-state index contributed by atoms with van der Waals surface area (Å²) >= 11 is 0. The van der Waals surface area contributed by atoms with E-state index < -0.39 is 0 Å². The summed E-state index contributed by atoms with van der Waals surface area (Å²) in [5, 5.41) is 2.99. The molecular weight excluding hydrogens is 148 g/mol. The molecule has 68 valence electrons. The van der Waals surface area contributed by atoms with Crippen molar-refractivity contribution in [1.29, 1.82) is 0 Å². The Bertz CT molecular complexity index is 174. The lowest BCUT2D eigenvalue weighted by Crippen LogP contribution is -2.09. The highest BCUT2D eigenvalue weighted by atomic mass is 14.9. The van der Waals surface area contributed by atoms with E-state index in [-0.39, 0.29) is 0 Å². The summed E-state index contributed by atoms with van der Waals surface area (Å²) in [6, 6.07) is 0. The molecule has 0 saturated carbocycles. The third-order valence-corrected chi connectivity index (χ3v) is 1.09. The maximum Gasteiger partial charge on any atom is 0.0864 e. The van der Waals surface area contributed by atoms with Gasteiger partial charge in [-0.05, 0) is 19.9 Å². The third kappa shape index (κ3) is 6.81. The van der Waals surface area contributed by atoms with E-state index in [9.17, 15) is 0 Å². The smallest absolute Gasteiger partial charge is 0.0864 e. The van der Waals surface area contributed by atoms with E-state index in [2.05, 4.69) is 30.0 Å². The normalized spacial score (nSPS) is 8.25. The minimum atomic E-state index is 1.02. The number of rotatable bonds is 3. The van der Waals surface area contributed by atoms with Crippen molar-refractivity contribution >= 4 is 6.34 Å². The Kier molecular flexibility index (Phi) is 10.7. The zero-order valence-corrected chi connectivity index (χ0v) is 8.22. The zero-order valence-electron chi connectivity index (χ0n) is 8.22. The van der Waals surface area contributed by atoms with Gasteiger partial charge in [-0.2, -0.15) is 0 Å². The standard InChI is InChI=1S/C8H14N2.C2H4/c1-5-8(7(2)3)10-6-9-4;1-2/h5-6H,1H2,2-4H3,(H,9,10);1-2H2. The Morgan fingerprint density at radius 2 is 1.83 bits per heavy atom. The lowest BCUT2D eigenvalue weighted by atomic mass is 10.2. The number of allylic oxidation sites excluding steroid dienone is 2. The average Bonchev–Trinajstić information content (AvgIpc) is 2.09. The van der Waals surface area contributed by atoms with Gasteiger partial charge in [-0.25, -0.2) is 0 Å². The van der Waals surface area contributed by atoms with Crippen LogP contribution in [0.5, 0.6) is 0 Å². The van der Waals surface area contributed by atoms with Crippen molar-refractivity contribution in [2.75, 3.05) is 7.05 Å². The van der Waals surface area contributed by atoms with Crippen molar-refractivity contribution in [2.24, 2.45) is 4.99 Å². The Hall–Kier alpha value is -1.31. The highest BCUT2D eigenvalue weighted by molar-refractivity contribution is 5.58. The predicted molar refractivity (Wildman–Crippen MR) is 57.4 cm³/mol. The summed E-state index contributed by atoms with van der Waals surface area (Å²) in [5.41, 5.74) is 2.22. The van der Waals surface area contributed by atoms with Crippen LogP contribution in [-0.2, 0) is 0 Å². The first-order chi connectivity index (χ1) is 5.72. The molecule has 2 nitrogen and oxygen atoms in total. The molecule has 0 aromatic heterocycles. The van der Waals surface area contributed by atoms with Gasteiger partial charge in [0.05, 0.1) is 6.34 Å². The summed E-state index contributed by atoms with van der Waals surface area (Å²) in [4.78, 5) is 3.79. The summed E-state index contributed by atoms with van der Waals surface area (Å²) in [7, 11) is 1.72. The first-order valence-corrected chi connectivity index (χ1v) is 3.69. The number of nitrogens with one attached hydrogen (secondary N) is 1. The van der Waals surface area contributed by atoms with Gasteiger partial charge in [-0.1, -0.05) is 12.2 Å². The molecule has 0 spiro atoms. The van der Waals surface area contributed by atoms with Gasteiger partial charge in [0.15, 0.2) is 0 Å². The van der Waals surface area contributed by atoms with E-state index in [0.29, 0.717) is 0 Å². The quantitative estimate of drug-likeness (QED) is 0.296. The molecule has 0 rings (SSSR count). The second kappa shape index (κ2) is 9.69. The van der Waals surface area contributed by atoms with Crippen LogP contribution in [0.15, 0.2) is 42.1 Å². The molecule has 0 radical (unpaired) electrons. The van der Waals surface area contributed by atoms with Crippen molar-refractivity contribution in [3.8, 4) is 0 Å². The molecule has 0 unspecified atom stereocenters. The van der Waals surface area contributed by atoms with Gasteiger partial charge in [-0.15, -0.1) is 13.2 Å².